The molecule has 0 saturated heterocycles. The fourth-order valence-electron chi connectivity index (χ4n) is 0.631. The van der Waals surface area contributed by atoms with Crippen LogP contribution in [0.2, 0.25) is 0 Å². The normalized spacial score (nSPS) is 10.9. The zero-order valence-electron chi connectivity index (χ0n) is 5.62. The maximum absolute atomic E-state index is 12.5. The maximum atomic E-state index is 12.5. The number of hydrogen-bond acceptors (Lipinski definition) is 0. The summed E-state index contributed by atoms with van der Waals surface area (Å²) in [7, 11) is 0. The minimum absolute atomic E-state index is 1.36. The molecule has 0 fully saturated rings. The van der Waals surface area contributed by atoms with Gasteiger partial charge in [0.15, 0.2) is 0 Å². The molecule has 13 heavy (non-hydrogen) atoms. The predicted octanol–water partition coefficient (Wildman–Crippen LogP) is 1.98. The van der Waals surface area contributed by atoms with Crippen LogP contribution < -0.4 is 0.0314 Å². The van der Waals surface area contributed by atoms with E-state index in [1.165, 1.54) is 0 Å². The van der Waals surface area contributed by atoms with E-state index in [0.717, 1.165) is 0 Å². The van der Waals surface area contributed by atoms with Crippen LogP contribution in [0, 0.1) is 74.2 Å². The summed E-state index contributed by atoms with van der Waals surface area (Å²) in [5.41, 5.74) is 0. The van der Waals surface area contributed by atoms with Crippen molar-refractivity contribution in [3.8, 4) is 0 Å². The molecule has 0 spiro atoms. The Labute approximate surface area is 95.1 Å². The summed E-state index contributed by atoms with van der Waals surface area (Å²) < 4.78 is 72.3. The fourth-order valence-corrected chi connectivity index (χ4v) is 1.41. The molecule has 0 heterocycles. The van der Waals surface area contributed by atoms with E-state index < -0.39 is 74.2 Å². The van der Waals surface area contributed by atoms with Crippen molar-refractivity contribution in [1.29, 1.82) is 0 Å². The van der Waals surface area contributed by atoms with Crippen molar-refractivity contribution in [3.05, 3.63) is 29.1 Å². The van der Waals surface area contributed by atoms with Gasteiger partial charge in [0.05, 0.1) is 0 Å². The molecule has 0 aliphatic carbocycles. The van der Waals surface area contributed by atoms with Gasteiger partial charge in [-0.15, -0.1) is 0 Å². The van der Waals surface area contributed by atoms with Crippen molar-refractivity contribution in [2.45, 2.75) is 0 Å². The van der Waals surface area contributed by atoms with Gasteiger partial charge in [-0.2, -0.15) is 0 Å². The van der Waals surface area contributed by atoms with Crippen LogP contribution in [0.1, 0.15) is 0 Å². The second kappa shape index (κ2) is 4.26. The second-order valence-electron chi connectivity index (χ2n) is 1.94. The molecule has 1 aromatic carbocycles. The Morgan fingerprint density at radius 3 is 1.23 bits per heavy atom. The molecular formula is C6F6Xe. The Balaban J connectivity index is 3.56. The summed E-state index contributed by atoms with van der Waals surface area (Å²) in [6.45, 7) is 0. The van der Waals surface area contributed by atoms with E-state index in [1.807, 2.05) is 0 Å². The van der Waals surface area contributed by atoms with Crippen molar-refractivity contribution in [3.63, 3.8) is 0 Å². The summed E-state index contributed by atoms with van der Waals surface area (Å²) in [4.78, 5) is 0. The van der Waals surface area contributed by atoms with Gasteiger partial charge in [0, 0.05) is 0 Å². The molecule has 0 amide bonds. The number of halogens is 6. The van der Waals surface area contributed by atoms with E-state index in [0.29, 0.717) is 0 Å². The summed E-state index contributed by atoms with van der Waals surface area (Å²) >= 11 is -2.51. The van der Waals surface area contributed by atoms with Gasteiger partial charge in [-0.25, -0.2) is 0 Å². The minimum atomic E-state index is -2.51. The third-order valence-electron chi connectivity index (χ3n) is 1.21. The van der Waals surface area contributed by atoms with Crippen molar-refractivity contribution >= 4 is 0.0314 Å². The van der Waals surface area contributed by atoms with E-state index in [1.54, 1.807) is 0 Å². The van der Waals surface area contributed by atoms with Crippen LogP contribution in [-0.2, 0) is 0 Å². The van der Waals surface area contributed by atoms with Gasteiger partial charge in [-0.05, 0) is 0 Å². The van der Waals surface area contributed by atoms with Crippen LogP contribution in [-0.4, -0.2) is 0 Å². The molecule has 0 atom stereocenters. The van der Waals surface area contributed by atoms with Gasteiger partial charge >= 0.3 is 96.3 Å². The zero-order valence-corrected chi connectivity index (χ0v) is 7.64. The average Bonchev–Trinajstić information content (AvgIpc) is 2.13. The van der Waals surface area contributed by atoms with Gasteiger partial charge in [0.25, 0.3) is 0 Å². The Kier molecular flexibility index (Phi) is 3.75. The van der Waals surface area contributed by atoms with E-state index in [4.69, 9.17) is 0 Å². The molecule has 0 aliphatic rings. The molecule has 0 radical (unpaired) electrons. The van der Waals surface area contributed by atoms with Crippen molar-refractivity contribution in [2.24, 2.45) is 0 Å². The first-order valence-electron chi connectivity index (χ1n) is 2.76. The van der Waals surface area contributed by atoms with Crippen molar-refractivity contribution in [1.82, 2.24) is 0 Å². The third kappa shape index (κ3) is 1.91. The van der Waals surface area contributed by atoms with Crippen LogP contribution >= 0.6 is 0 Å². The van der Waals surface area contributed by atoms with Gasteiger partial charge in [-0.3, -0.25) is 0 Å². The molecule has 0 bridgehead atoms. The molecule has 74 valence electrons. The number of hydrogen-bond donors (Lipinski definition) is 0. The van der Waals surface area contributed by atoms with Gasteiger partial charge in [0.2, 0.25) is 0 Å². The van der Waals surface area contributed by atoms with Gasteiger partial charge in [-0.1, -0.05) is 0 Å². The van der Waals surface area contributed by atoms with Crippen molar-refractivity contribution in [2.75, 3.05) is 0 Å². The second-order valence-corrected chi connectivity index (χ2v) is 3.33. The summed E-state index contributed by atoms with van der Waals surface area (Å²) in [5, 5.41) is 0. The SMILES string of the molecule is F[Xe]c1c(F)c(F)c(F)c(F)c1F. The molecule has 7 heteroatoms. The quantitative estimate of drug-likeness (QED) is 0.422. The Morgan fingerprint density at radius 2 is 0.923 bits per heavy atom. The third-order valence-corrected chi connectivity index (χ3v) is 2.48. The van der Waals surface area contributed by atoms with E-state index in [2.05, 4.69) is 0 Å². The first-order chi connectivity index (χ1) is 6.00. The average molecular weight is 317 g/mol. The van der Waals surface area contributed by atoms with Gasteiger partial charge < -0.3 is 0 Å². The number of rotatable bonds is 1. The van der Waals surface area contributed by atoms with Crippen LogP contribution in [0.5, 0.6) is 0 Å². The van der Waals surface area contributed by atoms with Crippen LogP contribution in [0.15, 0.2) is 0 Å². The van der Waals surface area contributed by atoms with E-state index in [-0.39, 0.29) is 0 Å². The molecule has 0 unspecified atom stereocenters. The molecule has 0 aliphatic heterocycles. The summed E-state index contributed by atoms with van der Waals surface area (Å²) in [6.07, 6.45) is 0. The first-order valence-corrected chi connectivity index (χ1v) is 4.53. The first kappa shape index (κ1) is 11.4. The van der Waals surface area contributed by atoms with Crippen LogP contribution in [0.4, 0.5) is 22.0 Å². The predicted molar refractivity (Wildman–Crippen MR) is 27.0 cm³/mol. The van der Waals surface area contributed by atoms with Crippen LogP contribution in [0.25, 0.3) is 0 Å². The molecule has 0 aromatic heterocycles. The molecule has 0 N–H and O–H groups in total. The molecule has 0 saturated carbocycles. The van der Waals surface area contributed by atoms with E-state index >= 15 is 0 Å². The zero-order chi connectivity index (χ0) is 10.2. The fraction of sp³-hybridized carbons (Fsp3) is 0. The topological polar surface area (TPSA) is 0 Å². The summed E-state index contributed by atoms with van der Waals surface area (Å²) in [6, 6.07) is 0. The Morgan fingerprint density at radius 1 is 0.615 bits per heavy atom. The van der Waals surface area contributed by atoms with Gasteiger partial charge in [0.1, 0.15) is 0 Å². The molecular weight excluding hydrogens is 317 g/mol. The Bertz CT molecular complexity index is 320. The summed E-state index contributed by atoms with van der Waals surface area (Å²) in [5.74, 6) is -10.7. The van der Waals surface area contributed by atoms with Crippen LogP contribution in [0.3, 0.4) is 0 Å². The molecule has 1 rings (SSSR count). The molecule has 0 nitrogen and oxygen atoms in total. The Hall–Kier alpha value is 0.371. The standard InChI is InChI=1S/C6F6Xe/c7-1-2(8)4(10)6(13-12)5(11)3(1)9. The monoisotopic (exact) mass is 318 g/mol. The van der Waals surface area contributed by atoms with E-state index in [9.17, 15) is 22.0 Å². The number of benzene rings is 1. The van der Waals surface area contributed by atoms with Crippen molar-refractivity contribution < 1.29 is 67.1 Å². The molecule has 1 aromatic rings.